The van der Waals surface area contributed by atoms with Gasteiger partial charge >= 0.3 is 0 Å². The number of nitro groups is 1. The molecule has 0 radical (unpaired) electrons. The molecule has 144 valence electrons. The Morgan fingerprint density at radius 1 is 0.800 bits per heavy atom. The van der Waals surface area contributed by atoms with E-state index >= 15 is 0 Å². The van der Waals surface area contributed by atoms with Crippen molar-refractivity contribution in [3.63, 3.8) is 0 Å². The lowest BCUT2D eigenvalue weighted by Gasteiger charge is -2.24. The van der Waals surface area contributed by atoms with Crippen LogP contribution >= 0.6 is 11.8 Å². The fourth-order valence-electron chi connectivity index (χ4n) is 4.78. The van der Waals surface area contributed by atoms with Crippen LogP contribution in [-0.4, -0.2) is 4.92 Å². The minimum atomic E-state index is -0.300. The maximum absolute atomic E-state index is 11.5. The van der Waals surface area contributed by atoms with Gasteiger partial charge in [-0.25, -0.2) is 0 Å². The highest BCUT2D eigenvalue weighted by Crippen LogP contribution is 2.52. The molecule has 2 aliphatic rings. The van der Waals surface area contributed by atoms with Crippen molar-refractivity contribution in [1.29, 1.82) is 0 Å². The van der Waals surface area contributed by atoms with Crippen LogP contribution in [0.1, 0.15) is 28.7 Å². The minimum Gasteiger partial charge on any atom is -0.258 e. The van der Waals surface area contributed by atoms with Crippen LogP contribution in [0.25, 0.3) is 21.9 Å². The molecule has 0 fully saturated rings. The molecule has 0 unspecified atom stereocenters. The standard InChI is InChI=1S/C26H17NO2S/c28-27(29)18-12-14-24-22(15-18)26(20-7-3-4-8-23(20)30-24)21-13-11-17-10-9-16-5-1-2-6-19(16)25(17)21/h1-10,12,14-15H,11,13H2/b26-21+. The molecular weight excluding hydrogens is 390 g/mol. The zero-order chi connectivity index (χ0) is 20.2. The van der Waals surface area contributed by atoms with Crippen LogP contribution in [-0.2, 0) is 6.42 Å². The molecule has 6 rings (SSSR count). The summed E-state index contributed by atoms with van der Waals surface area (Å²) < 4.78 is 0. The van der Waals surface area contributed by atoms with Crippen molar-refractivity contribution in [3.8, 4) is 0 Å². The second kappa shape index (κ2) is 6.57. The van der Waals surface area contributed by atoms with Gasteiger partial charge in [0.1, 0.15) is 0 Å². The summed E-state index contributed by atoms with van der Waals surface area (Å²) in [5.74, 6) is 0. The normalized spacial score (nSPS) is 16.8. The van der Waals surface area contributed by atoms with Crippen LogP contribution in [0.4, 0.5) is 5.69 Å². The zero-order valence-corrected chi connectivity index (χ0v) is 16.9. The summed E-state index contributed by atoms with van der Waals surface area (Å²) in [5.41, 5.74) is 7.41. The largest absolute Gasteiger partial charge is 0.270 e. The smallest absolute Gasteiger partial charge is 0.258 e. The fraction of sp³-hybridized carbons (Fsp3) is 0.0769. The Hall–Kier alpha value is -3.37. The Balaban J connectivity index is 1.73. The summed E-state index contributed by atoms with van der Waals surface area (Å²) in [7, 11) is 0. The highest BCUT2D eigenvalue weighted by atomic mass is 32.2. The van der Waals surface area contributed by atoms with Crippen molar-refractivity contribution < 1.29 is 4.92 Å². The van der Waals surface area contributed by atoms with Crippen LogP contribution in [0.5, 0.6) is 0 Å². The second-order valence-corrected chi connectivity index (χ2v) is 8.79. The number of aryl methyl sites for hydroxylation is 1. The molecule has 0 amide bonds. The number of benzene rings is 4. The maximum atomic E-state index is 11.5. The van der Waals surface area contributed by atoms with Gasteiger partial charge in [-0.05, 0) is 63.6 Å². The van der Waals surface area contributed by atoms with Gasteiger partial charge in [-0.2, -0.15) is 0 Å². The van der Waals surface area contributed by atoms with Crippen LogP contribution in [0.3, 0.4) is 0 Å². The molecule has 0 saturated carbocycles. The highest BCUT2D eigenvalue weighted by Gasteiger charge is 2.29. The first-order valence-electron chi connectivity index (χ1n) is 10.0. The van der Waals surface area contributed by atoms with Gasteiger partial charge in [-0.3, -0.25) is 10.1 Å². The van der Waals surface area contributed by atoms with Crippen molar-refractivity contribution >= 4 is 39.4 Å². The van der Waals surface area contributed by atoms with Crippen molar-refractivity contribution in [3.05, 3.63) is 111 Å². The van der Waals surface area contributed by atoms with Gasteiger partial charge < -0.3 is 0 Å². The van der Waals surface area contributed by atoms with E-state index in [-0.39, 0.29) is 10.6 Å². The van der Waals surface area contributed by atoms with Gasteiger partial charge in [0.2, 0.25) is 0 Å². The topological polar surface area (TPSA) is 43.1 Å². The number of allylic oxidation sites excluding steroid dienone is 1. The van der Waals surface area contributed by atoms with E-state index in [0.717, 1.165) is 28.9 Å². The third-order valence-electron chi connectivity index (χ3n) is 6.08. The third kappa shape index (κ3) is 2.54. The molecule has 3 nitrogen and oxygen atoms in total. The number of nitrogens with zero attached hydrogens (tertiary/aromatic N) is 1. The lowest BCUT2D eigenvalue weighted by Crippen LogP contribution is -2.03. The minimum absolute atomic E-state index is 0.142. The Kier molecular flexibility index (Phi) is 3.83. The molecule has 0 aromatic heterocycles. The summed E-state index contributed by atoms with van der Waals surface area (Å²) in [6, 6.07) is 26.6. The molecule has 1 heterocycles. The van der Waals surface area contributed by atoms with Gasteiger partial charge in [-0.15, -0.1) is 0 Å². The molecule has 1 aliphatic heterocycles. The molecule has 4 aromatic carbocycles. The average molecular weight is 407 g/mol. The molecule has 0 atom stereocenters. The van der Waals surface area contributed by atoms with Gasteiger partial charge in [0.05, 0.1) is 4.92 Å². The number of non-ortho nitro benzene ring substituents is 1. The van der Waals surface area contributed by atoms with E-state index in [1.165, 1.54) is 37.9 Å². The van der Waals surface area contributed by atoms with E-state index in [1.54, 1.807) is 23.9 Å². The van der Waals surface area contributed by atoms with Crippen molar-refractivity contribution in [2.75, 3.05) is 0 Å². The second-order valence-electron chi connectivity index (χ2n) is 7.71. The summed E-state index contributed by atoms with van der Waals surface area (Å²) in [6.45, 7) is 0. The molecule has 0 bridgehead atoms. The zero-order valence-electron chi connectivity index (χ0n) is 16.1. The SMILES string of the molecule is O=[N+]([O-])c1ccc2c(c1)/C(=C1\CCc3ccc4ccccc4c31)c1ccccc1S2. The van der Waals surface area contributed by atoms with E-state index < -0.39 is 0 Å². The third-order valence-corrected chi connectivity index (χ3v) is 7.23. The van der Waals surface area contributed by atoms with Crippen molar-refractivity contribution in [2.45, 2.75) is 22.6 Å². The Morgan fingerprint density at radius 3 is 2.50 bits per heavy atom. The molecule has 30 heavy (non-hydrogen) atoms. The summed E-state index contributed by atoms with van der Waals surface area (Å²) in [5, 5.41) is 14.0. The number of hydrogen-bond acceptors (Lipinski definition) is 3. The predicted molar refractivity (Wildman–Crippen MR) is 122 cm³/mol. The molecule has 0 saturated heterocycles. The number of rotatable bonds is 1. The Labute approximate surface area is 178 Å². The monoisotopic (exact) mass is 407 g/mol. The quantitative estimate of drug-likeness (QED) is 0.219. The van der Waals surface area contributed by atoms with E-state index in [0.29, 0.717) is 0 Å². The lowest BCUT2D eigenvalue weighted by molar-refractivity contribution is -0.384. The summed E-state index contributed by atoms with van der Waals surface area (Å²) in [4.78, 5) is 13.5. The Bertz CT molecular complexity index is 1400. The number of hydrogen-bond donors (Lipinski definition) is 0. The molecule has 0 N–H and O–H groups in total. The van der Waals surface area contributed by atoms with Crippen LogP contribution in [0, 0.1) is 10.1 Å². The first-order valence-corrected chi connectivity index (χ1v) is 10.8. The maximum Gasteiger partial charge on any atom is 0.270 e. The first kappa shape index (κ1) is 17.5. The van der Waals surface area contributed by atoms with Crippen LogP contribution < -0.4 is 0 Å². The lowest BCUT2D eigenvalue weighted by atomic mass is 9.88. The van der Waals surface area contributed by atoms with E-state index in [1.807, 2.05) is 6.07 Å². The Morgan fingerprint density at radius 2 is 1.60 bits per heavy atom. The van der Waals surface area contributed by atoms with Crippen molar-refractivity contribution in [1.82, 2.24) is 0 Å². The fourth-order valence-corrected chi connectivity index (χ4v) is 5.85. The number of fused-ring (bicyclic) bond motifs is 5. The number of nitro benzene ring substituents is 1. The van der Waals surface area contributed by atoms with Gasteiger partial charge in [0.15, 0.2) is 0 Å². The van der Waals surface area contributed by atoms with Crippen LogP contribution in [0.15, 0.2) is 88.7 Å². The average Bonchev–Trinajstić information content (AvgIpc) is 3.21. The first-order chi connectivity index (χ1) is 14.7. The van der Waals surface area contributed by atoms with E-state index in [4.69, 9.17) is 0 Å². The molecule has 1 aliphatic carbocycles. The molecule has 0 spiro atoms. The molecule has 4 aromatic rings. The van der Waals surface area contributed by atoms with E-state index in [2.05, 4.69) is 60.7 Å². The summed E-state index contributed by atoms with van der Waals surface area (Å²) in [6.07, 6.45) is 1.94. The molecule has 4 heteroatoms. The summed E-state index contributed by atoms with van der Waals surface area (Å²) >= 11 is 1.69. The van der Waals surface area contributed by atoms with Crippen LogP contribution in [0.2, 0.25) is 0 Å². The van der Waals surface area contributed by atoms with Gasteiger partial charge in [-0.1, -0.05) is 66.4 Å². The van der Waals surface area contributed by atoms with Crippen molar-refractivity contribution in [2.24, 2.45) is 0 Å². The van der Waals surface area contributed by atoms with Gasteiger partial charge in [0, 0.05) is 27.5 Å². The highest BCUT2D eigenvalue weighted by molar-refractivity contribution is 7.99. The predicted octanol–water partition coefficient (Wildman–Crippen LogP) is 7.12. The van der Waals surface area contributed by atoms with E-state index in [9.17, 15) is 10.1 Å². The molecular formula is C26H17NO2S. The van der Waals surface area contributed by atoms with Gasteiger partial charge in [0.25, 0.3) is 5.69 Å².